The van der Waals surface area contributed by atoms with E-state index in [2.05, 4.69) is 11.1 Å². The van der Waals surface area contributed by atoms with Crippen molar-refractivity contribution in [1.82, 2.24) is 9.99 Å². The average molecular weight is 331 g/mol. The van der Waals surface area contributed by atoms with Crippen LogP contribution in [-0.4, -0.2) is 15.7 Å². The smallest absolute Gasteiger partial charge is 0.230 e. The summed E-state index contributed by atoms with van der Waals surface area (Å²) in [6.07, 6.45) is 2.23. The minimum Gasteiger partial charge on any atom is -0.463 e. The molecule has 25 heavy (non-hydrogen) atoms. The van der Waals surface area contributed by atoms with Crippen LogP contribution in [0.3, 0.4) is 0 Å². The Kier molecular flexibility index (Phi) is 3.13. The summed E-state index contributed by atoms with van der Waals surface area (Å²) in [6.45, 7) is 1.95. The largest absolute Gasteiger partial charge is 0.463 e. The third kappa shape index (κ3) is 2.31. The standard InChI is InChI=1S/C20H17N3O2/c1-13-9-10-19(24-13)16-12-17-14-6-2-3-8-18(14)25-20(23(17)22-16)15-7-4-5-11-21-15/h2-11,17,20H,12H2,1H3/t17-,20-/m0/s1. The second kappa shape index (κ2) is 5.48. The zero-order valence-corrected chi connectivity index (χ0v) is 13.8. The first kappa shape index (κ1) is 14.3. The predicted molar refractivity (Wildman–Crippen MR) is 93.2 cm³/mol. The third-order valence-corrected chi connectivity index (χ3v) is 4.66. The van der Waals surface area contributed by atoms with Gasteiger partial charge in [-0.05, 0) is 37.3 Å². The number of hydrogen-bond donors (Lipinski definition) is 0. The van der Waals surface area contributed by atoms with Crippen LogP contribution in [0.25, 0.3) is 0 Å². The Morgan fingerprint density at radius 1 is 1.04 bits per heavy atom. The molecule has 0 saturated heterocycles. The Morgan fingerprint density at radius 2 is 1.92 bits per heavy atom. The zero-order chi connectivity index (χ0) is 16.8. The van der Waals surface area contributed by atoms with Gasteiger partial charge in [-0.1, -0.05) is 24.3 Å². The molecule has 5 nitrogen and oxygen atoms in total. The summed E-state index contributed by atoms with van der Waals surface area (Å²) in [6, 6.07) is 18.1. The molecule has 0 bridgehead atoms. The van der Waals surface area contributed by atoms with Crippen LogP contribution in [0.15, 0.2) is 70.3 Å². The monoisotopic (exact) mass is 331 g/mol. The summed E-state index contributed by atoms with van der Waals surface area (Å²) in [4.78, 5) is 4.48. The molecule has 0 aliphatic carbocycles. The second-order valence-corrected chi connectivity index (χ2v) is 6.32. The van der Waals surface area contributed by atoms with Gasteiger partial charge in [0, 0.05) is 18.2 Å². The van der Waals surface area contributed by atoms with Gasteiger partial charge in [-0.3, -0.25) is 4.98 Å². The number of nitrogens with zero attached hydrogens (tertiary/aromatic N) is 3. The first-order valence-electron chi connectivity index (χ1n) is 8.39. The molecule has 1 aromatic carbocycles. The van der Waals surface area contributed by atoms with E-state index in [0.29, 0.717) is 0 Å². The van der Waals surface area contributed by atoms with Gasteiger partial charge in [0.15, 0.2) is 0 Å². The maximum atomic E-state index is 6.25. The van der Waals surface area contributed by atoms with Crippen LogP contribution in [0.5, 0.6) is 5.75 Å². The van der Waals surface area contributed by atoms with Gasteiger partial charge in [-0.2, -0.15) is 5.10 Å². The van der Waals surface area contributed by atoms with E-state index in [1.54, 1.807) is 6.20 Å². The summed E-state index contributed by atoms with van der Waals surface area (Å²) in [7, 11) is 0. The van der Waals surface area contributed by atoms with Crippen LogP contribution in [0.1, 0.15) is 41.5 Å². The van der Waals surface area contributed by atoms with E-state index < -0.39 is 0 Å². The average Bonchev–Trinajstić information content (AvgIpc) is 3.28. The molecule has 2 aliphatic heterocycles. The summed E-state index contributed by atoms with van der Waals surface area (Å²) >= 11 is 0. The first-order chi connectivity index (χ1) is 12.3. The fourth-order valence-corrected chi connectivity index (χ4v) is 3.49. The van der Waals surface area contributed by atoms with Gasteiger partial charge >= 0.3 is 0 Å². The lowest BCUT2D eigenvalue weighted by atomic mass is 9.98. The molecule has 5 heteroatoms. The fourth-order valence-electron chi connectivity index (χ4n) is 3.49. The van der Waals surface area contributed by atoms with Crippen LogP contribution < -0.4 is 4.74 Å². The fraction of sp³-hybridized carbons (Fsp3) is 0.200. The molecular formula is C20H17N3O2. The topological polar surface area (TPSA) is 50.9 Å². The van der Waals surface area contributed by atoms with Crippen molar-refractivity contribution in [3.8, 4) is 5.75 Å². The normalized spacial score (nSPS) is 21.3. The van der Waals surface area contributed by atoms with Crippen molar-refractivity contribution in [2.45, 2.75) is 25.6 Å². The number of aryl methyl sites for hydroxylation is 1. The van der Waals surface area contributed by atoms with Crippen molar-refractivity contribution in [2.75, 3.05) is 0 Å². The Balaban J connectivity index is 1.60. The Hall–Kier alpha value is -3.08. The molecule has 2 aliphatic rings. The lowest BCUT2D eigenvalue weighted by molar-refractivity contribution is -0.0218. The highest BCUT2D eigenvalue weighted by atomic mass is 16.5. The number of para-hydroxylation sites is 1. The van der Waals surface area contributed by atoms with E-state index in [1.165, 1.54) is 0 Å². The lowest BCUT2D eigenvalue weighted by Crippen LogP contribution is -2.34. The number of hydrazone groups is 1. The van der Waals surface area contributed by atoms with E-state index in [1.807, 2.05) is 60.5 Å². The number of pyridine rings is 1. The van der Waals surface area contributed by atoms with Gasteiger partial charge < -0.3 is 9.15 Å². The van der Waals surface area contributed by atoms with Crippen LogP contribution in [0.2, 0.25) is 0 Å². The van der Waals surface area contributed by atoms with Crippen molar-refractivity contribution < 1.29 is 9.15 Å². The van der Waals surface area contributed by atoms with Gasteiger partial charge in [-0.15, -0.1) is 0 Å². The van der Waals surface area contributed by atoms with Gasteiger partial charge in [-0.25, -0.2) is 5.01 Å². The predicted octanol–water partition coefficient (Wildman–Crippen LogP) is 4.23. The van der Waals surface area contributed by atoms with Crippen molar-refractivity contribution in [2.24, 2.45) is 5.10 Å². The van der Waals surface area contributed by atoms with Crippen LogP contribution in [-0.2, 0) is 0 Å². The van der Waals surface area contributed by atoms with Crippen LogP contribution in [0, 0.1) is 6.92 Å². The zero-order valence-electron chi connectivity index (χ0n) is 13.8. The first-order valence-corrected chi connectivity index (χ1v) is 8.39. The molecule has 0 amide bonds. The number of furan rings is 1. The maximum Gasteiger partial charge on any atom is 0.230 e. The van der Waals surface area contributed by atoms with Gasteiger partial charge in [0.25, 0.3) is 0 Å². The maximum absolute atomic E-state index is 6.25. The minimum atomic E-state index is -0.338. The summed E-state index contributed by atoms with van der Waals surface area (Å²) in [5.74, 6) is 2.61. The highest BCUT2D eigenvalue weighted by Gasteiger charge is 2.41. The Bertz CT molecular complexity index is 948. The van der Waals surface area contributed by atoms with Crippen molar-refractivity contribution in [3.63, 3.8) is 0 Å². The molecule has 0 spiro atoms. The molecule has 4 heterocycles. The molecule has 2 atom stereocenters. The summed E-state index contributed by atoms with van der Waals surface area (Å²) in [5.41, 5.74) is 2.94. The minimum absolute atomic E-state index is 0.123. The molecule has 5 rings (SSSR count). The summed E-state index contributed by atoms with van der Waals surface area (Å²) < 4.78 is 12.0. The second-order valence-electron chi connectivity index (χ2n) is 6.32. The van der Waals surface area contributed by atoms with E-state index >= 15 is 0 Å². The Morgan fingerprint density at radius 3 is 2.72 bits per heavy atom. The quantitative estimate of drug-likeness (QED) is 0.705. The molecule has 0 fully saturated rings. The highest BCUT2D eigenvalue weighted by molar-refractivity contribution is 5.99. The molecule has 0 N–H and O–H groups in total. The lowest BCUT2D eigenvalue weighted by Gasteiger charge is -2.37. The van der Waals surface area contributed by atoms with Gasteiger partial charge in [0.2, 0.25) is 6.23 Å². The van der Waals surface area contributed by atoms with Gasteiger partial charge in [0.1, 0.15) is 28.7 Å². The third-order valence-electron chi connectivity index (χ3n) is 4.66. The van der Waals surface area contributed by atoms with Crippen molar-refractivity contribution in [3.05, 3.63) is 83.6 Å². The number of ether oxygens (including phenoxy) is 1. The van der Waals surface area contributed by atoms with E-state index in [9.17, 15) is 0 Å². The number of hydrogen-bond acceptors (Lipinski definition) is 5. The number of aromatic nitrogens is 1. The number of rotatable bonds is 2. The van der Waals surface area contributed by atoms with E-state index in [0.717, 1.165) is 40.7 Å². The molecule has 3 aromatic rings. The molecular weight excluding hydrogens is 314 g/mol. The van der Waals surface area contributed by atoms with Crippen molar-refractivity contribution in [1.29, 1.82) is 0 Å². The molecule has 124 valence electrons. The van der Waals surface area contributed by atoms with E-state index in [4.69, 9.17) is 14.3 Å². The summed E-state index contributed by atoms with van der Waals surface area (Å²) in [5, 5.41) is 6.85. The van der Waals surface area contributed by atoms with Gasteiger partial charge in [0.05, 0.1) is 6.04 Å². The Labute approximate surface area is 145 Å². The van der Waals surface area contributed by atoms with Crippen molar-refractivity contribution >= 4 is 5.71 Å². The molecule has 0 saturated carbocycles. The molecule has 2 aromatic heterocycles. The molecule has 0 radical (unpaired) electrons. The number of fused-ring (bicyclic) bond motifs is 3. The van der Waals surface area contributed by atoms with Crippen LogP contribution >= 0.6 is 0 Å². The van der Waals surface area contributed by atoms with Crippen LogP contribution in [0.4, 0.5) is 0 Å². The molecule has 0 unspecified atom stereocenters. The van der Waals surface area contributed by atoms with E-state index in [-0.39, 0.29) is 12.3 Å². The highest BCUT2D eigenvalue weighted by Crippen LogP contribution is 2.47. The SMILES string of the molecule is Cc1ccc(C2=NN3[C@@H](C2)c2ccccc2O[C@H]3c2ccccn2)o1. The number of benzene rings is 1.